The average Bonchev–Trinajstić information content (AvgIpc) is 3.23. The number of sulfonamides is 1. The minimum atomic E-state index is -4.82. The monoisotopic (exact) mass is 383 g/mol. The highest BCUT2D eigenvalue weighted by Crippen LogP contribution is 2.38. The summed E-state index contributed by atoms with van der Waals surface area (Å²) in [6.07, 6.45) is -3.54. The van der Waals surface area contributed by atoms with E-state index in [1.54, 1.807) is 7.05 Å². The molecule has 1 aromatic carbocycles. The summed E-state index contributed by atoms with van der Waals surface area (Å²) in [7, 11) is -2.64. The Balaban J connectivity index is 2.16. The summed E-state index contributed by atoms with van der Waals surface area (Å²) in [5.41, 5.74) is -0.303. The van der Waals surface area contributed by atoms with Crippen molar-refractivity contribution in [3.05, 3.63) is 41.6 Å². The molecular formula is C17H16F3N3O2S. The maximum atomic E-state index is 13.6. The number of hydrogen-bond acceptors (Lipinski definition) is 3. The average molecular weight is 383 g/mol. The first kappa shape index (κ1) is 18.5. The third-order valence-electron chi connectivity index (χ3n) is 4.50. The van der Waals surface area contributed by atoms with Gasteiger partial charge in [0, 0.05) is 25.8 Å². The molecule has 0 amide bonds. The van der Waals surface area contributed by atoms with Gasteiger partial charge >= 0.3 is 6.18 Å². The van der Waals surface area contributed by atoms with Gasteiger partial charge in [0.2, 0.25) is 10.0 Å². The van der Waals surface area contributed by atoms with Crippen LogP contribution in [0.1, 0.15) is 24.1 Å². The van der Waals surface area contributed by atoms with Crippen molar-refractivity contribution >= 4 is 10.0 Å². The van der Waals surface area contributed by atoms with Crippen molar-refractivity contribution in [2.45, 2.75) is 23.9 Å². The Bertz CT molecular complexity index is 982. The van der Waals surface area contributed by atoms with Gasteiger partial charge < -0.3 is 4.57 Å². The van der Waals surface area contributed by atoms with Gasteiger partial charge in [-0.2, -0.15) is 22.7 Å². The summed E-state index contributed by atoms with van der Waals surface area (Å²) < 4.78 is 68.6. The molecule has 1 aromatic heterocycles. The molecule has 1 aliphatic heterocycles. The Morgan fingerprint density at radius 1 is 1.12 bits per heavy atom. The molecule has 1 aliphatic rings. The van der Waals surface area contributed by atoms with Crippen molar-refractivity contribution in [1.82, 2.24) is 8.87 Å². The van der Waals surface area contributed by atoms with E-state index in [-0.39, 0.29) is 18.7 Å². The molecule has 0 atom stereocenters. The molecule has 2 aromatic rings. The standard InChI is InChI=1S/C17H16F3N3O2S/c1-22-13(11-21)5-6-15(22)12-4-7-16(14(10-12)17(18,19)20)26(24,25)23-8-2-3-9-23/h4-7,10H,2-3,8-9H2,1H3. The second-order valence-electron chi connectivity index (χ2n) is 6.09. The van der Waals surface area contributed by atoms with Gasteiger partial charge in [0.15, 0.2) is 0 Å². The lowest BCUT2D eigenvalue weighted by atomic mass is 10.1. The minimum Gasteiger partial charge on any atom is -0.335 e. The predicted molar refractivity (Wildman–Crippen MR) is 88.6 cm³/mol. The van der Waals surface area contributed by atoms with Crippen LogP contribution in [0.25, 0.3) is 11.3 Å². The van der Waals surface area contributed by atoms with E-state index in [1.165, 1.54) is 22.8 Å². The molecule has 0 spiro atoms. The maximum Gasteiger partial charge on any atom is 0.417 e. The lowest BCUT2D eigenvalue weighted by Gasteiger charge is -2.20. The van der Waals surface area contributed by atoms with Crippen LogP contribution in [0.5, 0.6) is 0 Å². The molecule has 0 bridgehead atoms. The van der Waals surface area contributed by atoms with E-state index >= 15 is 0 Å². The van der Waals surface area contributed by atoms with E-state index in [4.69, 9.17) is 5.26 Å². The Kier molecular flexibility index (Phi) is 4.58. The van der Waals surface area contributed by atoms with Crippen molar-refractivity contribution in [3.8, 4) is 17.3 Å². The summed E-state index contributed by atoms with van der Waals surface area (Å²) in [5.74, 6) is 0. The van der Waals surface area contributed by atoms with Gasteiger partial charge in [0.1, 0.15) is 11.8 Å². The van der Waals surface area contributed by atoms with Crippen molar-refractivity contribution < 1.29 is 21.6 Å². The first-order valence-corrected chi connectivity index (χ1v) is 9.38. The summed E-state index contributed by atoms with van der Waals surface area (Å²) in [4.78, 5) is -0.731. The Hall–Kier alpha value is -2.31. The number of alkyl halides is 3. The van der Waals surface area contributed by atoms with Crippen LogP contribution in [0.3, 0.4) is 0 Å². The fraction of sp³-hybridized carbons (Fsp3) is 0.353. The van der Waals surface area contributed by atoms with Gasteiger partial charge in [-0.05, 0) is 42.7 Å². The molecule has 0 saturated carbocycles. The fourth-order valence-electron chi connectivity index (χ4n) is 3.12. The molecular weight excluding hydrogens is 367 g/mol. The molecule has 0 radical (unpaired) electrons. The van der Waals surface area contributed by atoms with E-state index in [0.717, 1.165) is 16.4 Å². The van der Waals surface area contributed by atoms with Crippen LogP contribution in [-0.2, 0) is 23.2 Å². The van der Waals surface area contributed by atoms with Crippen molar-refractivity contribution in [2.75, 3.05) is 13.1 Å². The predicted octanol–water partition coefficient (Wildman–Crippen LogP) is 3.37. The first-order valence-electron chi connectivity index (χ1n) is 7.94. The summed E-state index contributed by atoms with van der Waals surface area (Å²) in [5, 5.41) is 9.00. The highest BCUT2D eigenvalue weighted by Gasteiger charge is 2.40. The number of nitrogens with zero attached hydrogens (tertiary/aromatic N) is 3. The molecule has 9 heteroatoms. The van der Waals surface area contributed by atoms with Crippen LogP contribution < -0.4 is 0 Å². The molecule has 0 unspecified atom stereocenters. The van der Waals surface area contributed by atoms with Gasteiger partial charge in [-0.1, -0.05) is 6.07 Å². The second kappa shape index (κ2) is 6.45. The van der Waals surface area contributed by atoms with Crippen LogP contribution in [0.2, 0.25) is 0 Å². The second-order valence-corrected chi connectivity index (χ2v) is 8.00. The Morgan fingerprint density at radius 3 is 2.31 bits per heavy atom. The van der Waals surface area contributed by atoms with Crippen LogP contribution in [0.4, 0.5) is 13.2 Å². The smallest absolute Gasteiger partial charge is 0.335 e. The number of hydrogen-bond donors (Lipinski definition) is 0. The zero-order chi connectivity index (χ0) is 19.1. The van der Waals surface area contributed by atoms with Crippen LogP contribution in [-0.4, -0.2) is 30.4 Å². The van der Waals surface area contributed by atoms with Crippen molar-refractivity contribution in [1.29, 1.82) is 5.26 Å². The maximum absolute atomic E-state index is 13.6. The zero-order valence-corrected chi connectivity index (χ0v) is 14.7. The van der Waals surface area contributed by atoms with E-state index in [2.05, 4.69) is 0 Å². The molecule has 3 rings (SSSR count). The number of nitriles is 1. The Labute approximate surface area is 149 Å². The molecule has 138 valence electrons. The number of rotatable bonds is 3. The molecule has 5 nitrogen and oxygen atoms in total. The third kappa shape index (κ3) is 3.10. The van der Waals surface area contributed by atoms with Gasteiger partial charge in [-0.3, -0.25) is 0 Å². The third-order valence-corrected chi connectivity index (χ3v) is 6.46. The van der Waals surface area contributed by atoms with E-state index in [0.29, 0.717) is 24.2 Å². The normalized spacial score (nSPS) is 16.0. The molecule has 26 heavy (non-hydrogen) atoms. The van der Waals surface area contributed by atoms with Gasteiger partial charge in [-0.15, -0.1) is 0 Å². The quantitative estimate of drug-likeness (QED) is 0.816. The highest BCUT2D eigenvalue weighted by atomic mass is 32.2. The summed E-state index contributed by atoms with van der Waals surface area (Å²) >= 11 is 0. The van der Waals surface area contributed by atoms with Crippen LogP contribution in [0, 0.1) is 11.3 Å². The fourth-order valence-corrected chi connectivity index (χ4v) is 4.83. The van der Waals surface area contributed by atoms with E-state index in [1.807, 2.05) is 6.07 Å². The molecule has 0 N–H and O–H groups in total. The van der Waals surface area contributed by atoms with E-state index < -0.39 is 26.7 Å². The van der Waals surface area contributed by atoms with Crippen LogP contribution in [0.15, 0.2) is 35.2 Å². The highest BCUT2D eigenvalue weighted by molar-refractivity contribution is 7.89. The zero-order valence-electron chi connectivity index (χ0n) is 13.9. The molecule has 1 fully saturated rings. The largest absolute Gasteiger partial charge is 0.417 e. The number of halogens is 3. The lowest BCUT2D eigenvalue weighted by Crippen LogP contribution is -2.29. The van der Waals surface area contributed by atoms with Gasteiger partial charge in [0.05, 0.1) is 10.5 Å². The molecule has 0 aliphatic carbocycles. The van der Waals surface area contributed by atoms with Gasteiger partial charge in [-0.25, -0.2) is 8.42 Å². The van der Waals surface area contributed by atoms with Crippen molar-refractivity contribution in [2.24, 2.45) is 7.05 Å². The topological polar surface area (TPSA) is 66.1 Å². The van der Waals surface area contributed by atoms with Crippen LogP contribution >= 0.6 is 0 Å². The first-order chi connectivity index (χ1) is 12.2. The molecule has 1 saturated heterocycles. The summed E-state index contributed by atoms with van der Waals surface area (Å²) in [6.45, 7) is 0.454. The van der Waals surface area contributed by atoms with E-state index in [9.17, 15) is 21.6 Å². The minimum absolute atomic E-state index is 0.196. The SMILES string of the molecule is Cn1c(C#N)ccc1-c1ccc(S(=O)(=O)N2CCCC2)c(C(F)(F)F)c1. The lowest BCUT2D eigenvalue weighted by molar-refractivity contribution is -0.139. The summed E-state index contributed by atoms with van der Waals surface area (Å²) in [6, 6.07) is 8.15. The Morgan fingerprint density at radius 2 is 1.77 bits per heavy atom. The van der Waals surface area contributed by atoms with Gasteiger partial charge in [0.25, 0.3) is 0 Å². The number of aromatic nitrogens is 1. The van der Waals surface area contributed by atoms with Crippen molar-refractivity contribution in [3.63, 3.8) is 0 Å². The number of benzene rings is 1. The molecule has 2 heterocycles.